The van der Waals surface area contributed by atoms with Gasteiger partial charge in [0.05, 0.1) is 17.9 Å². The zero-order valence-electron chi connectivity index (χ0n) is 10.3. The minimum Gasteiger partial charge on any atom is -0.376 e. The van der Waals surface area contributed by atoms with Crippen LogP contribution in [0.25, 0.3) is 0 Å². The van der Waals surface area contributed by atoms with Crippen molar-refractivity contribution in [1.82, 2.24) is 9.78 Å². The molecular formula is C13H15F2N3. The smallest absolute Gasteiger partial charge is 0.131 e. The van der Waals surface area contributed by atoms with E-state index in [1.165, 1.54) is 18.2 Å². The van der Waals surface area contributed by atoms with Gasteiger partial charge in [0.1, 0.15) is 11.6 Å². The molecule has 0 spiro atoms. The van der Waals surface area contributed by atoms with E-state index in [2.05, 4.69) is 10.4 Å². The summed E-state index contributed by atoms with van der Waals surface area (Å²) < 4.78 is 28.9. The van der Waals surface area contributed by atoms with Crippen molar-refractivity contribution in [3.63, 3.8) is 0 Å². The van der Waals surface area contributed by atoms with Crippen LogP contribution in [0.5, 0.6) is 0 Å². The van der Waals surface area contributed by atoms with E-state index in [-0.39, 0.29) is 5.56 Å². The van der Waals surface area contributed by atoms with Gasteiger partial charge in [-0.25, -0.2) is 8.78 Å². The van der Waals surface area contributed by atoms with Crippen LogP contribution >= 0.6 is 0 Å². The molecule has 0 amide bonds. The molecule has 0 aliphatic heterocycles. The Kier molecular flexibility index (Phi) is 3.60. The first-order chi connectivity index (χ1) is 8.61. The van der Waals surface area contributed by atoms with Crippen molar-refractivity contribution in [2.45, 2.75) is 26.4 Å². The van der Waals surface area contributed by atoms with Crippen LogP contribution in [0.15, 0.2) is 30.6 Å². The minimum atomic E-state index is -0.544. The fourth-order valence-corrected chi connectivity index (χ4v) is 1.86. The molecule has 1 aromatic heterocycles. The summed E-state index contributed by atoms with van der Waals surface area (Å²) in [5.41, 5.74) is 0.786. The lowest BCUT2D eigenvalue weighted by Gasteiger charge is -2.15. The number of nitrogens with zero attached hydrogens (tertiary/aromatic N) is 2. The van der Waals surface area contributed by atoms with Crippen molar-refractivity contribution >= 4 is 5.69 Å². The molecule has 0 radical (unpaired) electrons. The van der Waals surface area contributed by atoms with E-state index in [1.807, 2.05) is 6.92 Å². The van der Waals surface area contributed by atoms with Crippen LogP contribution in [0, 0.1) is 11.6 Å². The number of aromatic nitrogens is 2. The first-order valence-corrected chi connectivity index (χ1v) is 5.84. The van der Waals surface area contributed by atoms with Gasteiger partial charge in [-0.1, -0.05) is 6.07 Å². The zero-order chi connectivity index (χ0) is 13.1. The van der Waals surface area contributed by atoms with Crippen LogP contribution in [0.3, 0.4) is 0 Å². The Balaban J connectivity index is 2.19. The molecule has 1 unspecified atom stereocenters. The molecule has 18 heavy (non-hydrogen) atoms. The number of benzene rings is 1. The fraction of sp³-hybridized carbons (Fsp3) is 0.308. The quantitative estimate of drug-likeness (QED) is 0.903. The molecular weight excluding hydrogens is 236 g/mol. The largest absolute Gasteiger partial charge is 0.376 e. The van der Waals surface area contributed by atoms with E-state index in [4.69, 9.17) is 0 Å². The molecule has 1 N–H and O–H groups in total. The number of hydrogen-bond acceptors (Lipinski definition) is 2. The molecule has 1 aromatic carbocycles. The van der Waals surface area contributed by atoms with Crippen LogP contribution in [-0.2, 0) is 6.54 Å². The average Bonchev–Trinajstić information content (AvgIpc) is 2.76. The highest BCUT2D eigenvalue weighted by Gasteiger charge is 2.16. The Hall–Kier alpha value is -1.91. The Bertz CT molecular complexity index is 517. The molecule has 0 saturated heterocycles. The second kappa shape index (κ2) is 5.16. The topological polar surface area (TPSA) is 29.9 Å². The van der Waals surface area contributed by atoms with Crippen LogP contribution in [-0.4, -0.2) is 9.78 Å². The molecule has 2 rings (SSSR count). The van der Waals surface area contributed by atoms with Crippen molar-refractivity contribution in [3.05, 3.63) is 47.8 Å². The second-order valence-electron chi connectivity index (χ2n) is 4.09. The normalized spacial score (nSPS) is 12.4. The average molecular weight is 251 g/mol. The van der Waals surface area contributed by atoms with E-state index in [1.54, 1.807) is 24.0 Å². The maximum atomic E-state index is 13.6. The Morgan fingerprint density at radius 3 is 2.56 bits per heavy atom. The third-order valence-corrected chi connectivity index (χ3v) is 2.77. The van der Waals surface area contributed by atoms with E-state index < -0.39 is 17.7 Å². The van der Waals surface area contributed by atoms with Gasteiger partial charge in [0, 0.05) is 18.3 Å². The van der Waals surface area contributed by atoms with Crippen LogP contribution in [0.4, 0.5) is 14.5 Å². The first-order valence-electron chi connectivity index (χ1n) is 5.84. The highest BCUT2D eigenvalue weighted by atomic mass is 19.1. The minimum absolute atomic E-state index is 0.0433. The lowest BCUT2D eigenvalue weighted by Crippen LogP contribution is -2.10. The molecule has 1 atom stereocenters. The van der Waals surface area contributed by atoms with Crippen molar-refractivity contribution in [2.24, 2.45) is 0 Å². The predicted octanol–water partition coefficient (Wildman–Crippen LogP) is 3.35. The van der Waals surface area contributed by atoms with Gasteiger partial charge in [-0.15, -0.1) is 0 Å². The van der Waals surface area contributed by atoms with E-state index in [0.717, 1.165) is 12.2 Å². The van der Waals surface area contributed by atoms with Gasteiger partial charge in [0.15, 0.2) is 0 Å². The number of anilines is 1. The summed E-state index contributed by atoms with van der Waals surface area (Å²) in [4.78, 5) is 0. The van der Waals surface area contributed by atoms with Gasteiger partial charge in [-0.3, -0.25) is 4.68 Å². The summed E-state index contributed by atoms with van der Waals surface area (Å²) in [6.45, 7) is 4.44. The summed E-state index contributed by atoms with van der Waals surface area (Å²) in [6, 6.07) is 3.41. The maximum Gasteiger partial charge on any atom is 0.131 e. The fourth-order valence-electron chi connectivity index (χ4n) is 1.86. The monoisotopic (exact) mass is 251 g/mol. The van der Waals surface area contributed by atoms with Crippen molar-refractivity contribution in [2.75, 3.05) is 5.32 Å². The molecule has 0 saturated carbocycles. The van der Waals surface area contributed by atoms with Gasteiger partial charge in [0.25, 0.3) is 0 Å². The molecule has 0 bridgehead atoms. The molecule has 0 aliphatic carbocycles. The number of hydrogen-bond donors (Lipinski definition) is 1. The standard InChI is InChI=1S/C13H15F2N3/c1-3-18-8-10(7-16-18)17-9(2)13-11(14)5-4-6-12(13)15/h4-9,17H,3H2,1-2H3. The van der Waals surface area contributed by atoms with Gasteiger partial charge < -0.3 is 5.32 Å². The SMILES string of the molecule is CCn1cc(NC(C)c2c(F)cccc2F)cn1. The lowest BCUT2D eigenvalue weighted by molar-refractivity contribution is 0.544. The molecule has 3 nitrogen and oxygen atoms in total. The summed E-state index contributed by atoms with van der Waals surface area (Å²) in [6.07, 6.45) is 3.44. The third-order valence-electron chi connectivity index (χ3n) is 2.77. The lowest BCUT2D eigenvalue weighted by atomic mass is 10.1. The number of halogens is 2. The van der Waals surface area contributed by atoms with Crippen molar-refractivity contribution < 1.29 is 8.78 Å². The molecule has 1 heterocycles. The number of nitrogens with one attached hydrogen (secondary N) is 1. The molecule has 2 aromatic rings. The van der Waals surface area contributed by atoms with Gasteiger partial charge in [0.2, 0.25) is 0 Å². The zero-order valence-corrected chi connectivity index (χ0v) is 10.3. The van der Waals surface area contributed by atoms with Crippen molar-refractivity contribution in [1.29, 1.82) is 0 Å². The van der Waals surface area contributed by atoms with E-state index in [9.17, 15) is 8.78 Å². The summed E-state index contributed by atoms with van der Waals surface area (Å²) >= 11 is 0. The number of aryl methyl sites for hydroxylation is 1. The summed E-state index contributed by atoms with van der Waals surface area (Å²) in [5.74, 6) is -1.09. The Labute approximate surface area is 104 Å². The predicted molar refractivity (Wildman–Crippen MR) is 66.3 cm³/mol. The second-order valence-corrected chi connectivity index (χ2v) is 4.09. The van der Waals surface area contributed by atoms with Crippen molar-refractivity contribution in [3.8, 4) is 0 Å². The summed E-state index contributed by atoms with van der Waals surface area (Å²) in [5, 5.41) is 7.12. The van der Waals surface area contributed by atoms with Gasteiger partial charge >= 0.3 is 0 Å². The Morgan fingerprint density at radius 1 is 1.33 bits per heavy atom. The van der Waals surface area contributed by atoms with Crippen LogP contribution in [0.2, 0.25) is 0 Å². The highest BCUT2D eigenvalue weighted by Crippen LogP contribution is 2.23. The number of rotatable bonds is 4. The third kappa shape index (κ3) is 2.50. The maximum absolute atomic E-state index is 13.6. The summed E-state index contributed by atoms with van der Waals surface area (Å²) in [7, 11) is 0. The van der Waals surface area contributed by atoms with Gasteiger partial charge in [-0.2, -0.15) is 5.10 Å². The first kappa shape index (κ1) is 12.5. The molecule has 0 aliphatic rings. The molecule has 5 heteroatoms. The molecule has 96 valence electrons. The highest BCUT2D eigenvalue weighted by molar-refractivity contribution is 5.42. The van der Waals surface area contributed by atoms with Crippen LogP contribution < -0.4 is 5.32 Å². The van der Waals surface area contributed by atoms with Gasteiger partial charge in [-0.05, 0) is 26.0 Å². The van der Waals surface area contributed by atoms with E-state index in [0.29, 0.717) is 0 Å². The Morgan fingerprint density at radius 2 is 2.00 bits per heavy atom. The van der Waals surface area contributed by atoms with Crippen LogP contribution in [0.1, 0.15) is 25.5 Å². The van der Waals surface area contributed by atoms with E-state index >= 15 is 0 Å². The molecule has 0 fully saturated rings.